The topological polar surface area (TPSA) is 58.6 Å². The van der Waals surface area contributed by atoms with Crippen molar-refractivity contribution in [2.45, 2.75) is 44.9 Å². The number of benzene rings is 1. The Labute approximate surface area is 161 Å². The Kier molecular flexibility index (Phi) is 7.78. The molecule has 0 heterocycles. The maximum absolute atomic E-state index is 13.3. The Morgan fingerprint density at radius 2 is 1.89 bits per heavy atom. The summed E-state index contributed by atoms with van der Waals surface area (Å²) in [5.41, 5.74) is 0.980. The van der Waals surface area contributed by atoms with Crippen molar-refractivity contribution in [3.63, 3.8) is 0 Å². The number of carbonyl (C=O) groups is 2. The van der Waals surface area contributed by atoms with Crippen molar-refractivity contribution < 1.29 is 18.7 Å². The van der Waals surface area contributed by atoms with Gasteiger partial charge in [0, 0.05) is 18.5 Å². The van der Waals surface area contributed by atoms with Crippen LogP contribution in [0.5, 0.6) is 0 Å². The number of ether oxygens (including phenoxy) is 1. The molecule has 1 aromatic rings. The van der Waals surface area contributed by atoms with Gasteiger partial charge in [0.2, 0.25) is 5.91 Å². The van der Waals surface area contributed by atoms with E-state index >= 15 is 0 Å². The highest BCUT2D eigenvalue weighted by Gasteiger charge is 2.36. The number of hydrogen-bond donors (Lipinski definition) is 1. The molecule has 1 saturated carbocycles. The molecule has 0 radical (unpaired) electrons. The second kappa shape index (κ2) is 9.83. The lowest BCUT2D eigenvalue weighted by Gasteiger charge is -2.31. The molecule has 2 rings (SSSR count). The Morgan fingerprint density at radius 3 is 2.44 bits per heavy atom. The minimum absolute atomic E-state index is 0.0534. The summed E-state index contributed by atoms with van der Waals surface area (Å²) in [6.07, 6.45) is 4.22. The molecular formula is C21H31FN2O3. The molecule has 150 valence electrons. The summed E-state index contributed by atoms with van der Waals surface area (Å²) in [6.45, 7) is 5.74. The SMILES string of the molecule is CCN(CC(=O)NCC1(c2ccc(F)cc2)CCCC1)CC(C)C(=O)OC. The van der Waals surface area contributed by atoms with Crippen LogP contribution in [0.3, 0.4) is 0 Å². The molecule has 0 aromatic heterocycles. The summed E-state index contributed by atoms with van der Waals surface area (Å²) in [5, 5.41) is 3.07. The van der Waals surface area contributed by atoms with Crippen LogP contribution >= 0.6 is 0 Å². The Bertz CT molecular complexity index is 627. The molecule has 5 nitrogen and oxygen atoms in total. The lowest BCUT2D eigenvalue weighted by molar-refractivity contribution is -0.145. The molecule has 0 spiro atoms. The number of likely N-dealkylation sites (N-methyl/N-ethyl adjacent to an activating group) is 1. The Hall–Kier alpha value is -1.95. The Morgan fingerprint density at radius 1 is 1.26 bits per heavy atom. The van der Waals surface area contributed by atoms with Gasteiger partial charge in [-0.1, -0.05) is 38.8 Å². The molecule has 1 aliphatic rings. The van der Waals surface area contributed by atoms with Crippen LogP contribution in [0, 0.1) is 11.7 Å². The average Bonchev–Trinajstić information content (AvgIpc) is 3.15. The van der Waals surface area contributed by atoms with Gasteiger partial charge in [-0.25, -0.2) is 4.39 Å². The summed E-state index contributed by atoms with van der Waals surface area (Å²) in [7, 11) is 1.37. The molecule has 1 amide bonds. The molecular weight excluding hydrogens is 347 g/mol. The van der Waals surface area contributed by atoms with Crippen LogP contribution in [0.1, 0.15) is 45.1 Å². The number of carbonyl (C=O) groups excluding carboxylic acids is 2. The Balaban J connectivity index is 1.93. The summed E-state index contributed by atoms with van der Waals surface area (Å²) < 4.78 is 18.0. The maximum Gasteiger partial charge on any atom is 0.309 e. The first-order valence-electron chi connectivity index (χ1n) is 9.73. The molecule has 6 heteroatoms. The number of hydrogen-bond acceptors (Lipinski definition) is 4. The first kappa shape index (κ1) is 21.4. The summed E-state index contributed by atoms with van der Waals surface area (Å²) in [6, 6.07) is 6.65. The van der Waals surface area contributed by atoms with Crippen LogP contribution in [-0.2, 0) is 19.7 Å². The van der Waals surface area contributed by atoms with Crippen molar-refractivity contribution in [3.8, 4) is 0 Å². The summed E-state index contributed by atoms with van der Waals surface area (Å²) >= 11 is 0. The van der Waals surface area contributed by atoms with E-state index in [-0.39, 0.29) is 35.6 Å². The molecule has 0 bridgehead atoms. The van der Waals surface area contributed by atoms with Crippen molar-refractivity contribution in [1.82, 2.24) is 10.2 Å². The standard InChI is InChI=1S/C21H31FN2O3/c1-4-24(13-16(2)20(26)27-3)14-19(25)23-15-21(11-5-6-12-21)17-7-9-18(22)10-8-17/h7-10,16H,4-6,11-15H2,1-3H3,(H,23,25). The van der Waals surface area contributed by atoms with Crippen LogP contribution < -0.4 is 5.32 Å². The normalized spacial score (nSPS) is 16.9. The van der Waals surface area contributed by atoms with E-state index in [1.54, 1.807) is 6.92 Å². The van der Waals surface area contributed by atoms with Gasteiger partial charge in [-0.3, -0.25) is 14.5 Å². The number of halogens is 1. The van der Waals surface area contributed by atoms with Crippen LogP contribution in [0.25, 0.3) is 0 Å². The fourth-order valence-electron chi connectivity index (χ4n) is 3.92. The summed E-state index contributed by atoms with van der Waals surface area (Å²) in [4.78, 5) is 26.0. The van der Waals surface area contributed by atoms with Gasteiger partial charge in [0.1, 0.15) is 5.82 Å². The molecule has 0 saturated heterocycles. The highest BCUT2D eigenvalue weighted by Crippen LogP contribution is 2.40. The number of rotatable bonds is 9. The zero-order chi connectivity index (χ0) is 19.9. The number of amides is 1. The van der Waals surface area contributed by atoms with Crippen molar-refractivity contribution >= 4 is 11.9 Å². The second-order valence-electron chi connectivity index (χ2n) is 7.52. The van der Waals surface area contributed by atoms with E-state index in [1.165, 1.54) is 19.2 Å². The first-order chi connectivity index (χ1) is 12.9. The van der Waals surface area contributed by atoms with E-state index in [2.05, 4.69) is 5.32 Å². The molecule has 1 N–H and O–H groups in total. The van der Waals surface area contributed by atoms with E-state index in [4.69, 9.17) is 4.74 Å². The number of methoxy groups -OCH3 is 1. The van der Waals surface area contributed by atoms with E-state index in [9.17, 15) is 14.0 Å². The smallest absolute Gasteiger partial charge is 0.309 e. The van der Waals surface area contributed by atoms with Gasteiger partial charge in [-0.15, -0.1) is 0 Å². The van der Waals surface area contributed by atoms with E-state index in [1.807, 2.05) is 24.0 Å². The highest BCUT2D eigenvalue weighted by molar-refractivity contribution is 5.78. The van der Waals surface area contributed by atoms with Gasteiger partial charge in [0.25, 0.3) is 0 Å². The van der Waals surface area contributed by atoms with Crippen LogP contribution in [0.2, 0.25) is 0 Å². The fraction of sp³-hybridized carbons (Fsp3) is 0.619. The molecule has 1 aliphatic carbocycles. The predicted molar refractivity (Wildman–Crippen MR) is 103 cm³/mol. The predicted octanol–water partition coefficient (Wildman–Crippen LogP) is 2.88. The molecule has 1 fully saturated rings. The minimum Gasteiger partial charge on any atom is -0.469 e. The molecule has 1 atom stereocenters. The zero-order valence-electron chi connectivity index (χ0n) is 16.6. The average molecular weight is 378 g/mol. The number of nitrogens with zero attached hydrogens (tertiary/aromatic N) is 1. The van der Waals surface area contributed by atoms with Crippen molar-refractivity contribution in [2.24, 2.45) is 5.92 Å². The molecule has 1 aromatic carbocycles. The molecule has 27 heavy (non-hydrogen) atoms. The third kappa shape index (κ3) is 5.76. The van der Waals surface area contributed by atoms with Crippen LogP contribution in [-0.4, -0.2) is 50.1 Å². The van der Waals surface area contributed by atoms with E-state index < -0.39 is 0 Å². The van der Waals surface area contributed by atoms with Crippen LogP contribution in [0.15, 0.2) is 24.3 Å². The van der Waals surface area contributed by atoms with Crippen molar-refractivity contribution in [3.05, 3.63) is 35.6 Å². The monoisotopic (exact) mass is 378 g/mol. The molecule has 1 unspecified atom stereocenters. The third-order valence-electron chi connectivity index (χ3n) is 5.59. The van der Waals surface area contributed by atoms with E-state index in [0.29, 0.717) is 19.6 Å². The van der Waals surface area contributed by atoms with Crippen molar-refractivity contribution in [2.75, 3.05) is 33.3 Å². The van der Waals surface area contributed by atoms with Crippen LogP contribution in [0.4, 0.5) is 4.39 Å². The van der Waals surface area contributed by atoms with Gasteiger partial charge in [0.05, 0.1) is 19.6 Å². The fourth-order valence-corrected chi connectivity index (χ4v) is 3.92. The van der Waals surface area contributed by atoms with Gasteiger partial charge < -0.3 is 10.1 Å². The minimum atomic E-state index is -0.275. The van der Waals surface area contributed by atoms with Gasteiger partial charge in [0.15, 0.2) is 0 Å². The van der Waals surface area contributed by atoms with Gasteiger partial charge in [-0.2, -0.15) is 0 Å². The maximum atomic E-state index is 13.3. The number of nitrogens with one attached hydrogen (secondary N) is 1. The quantitative estimate of drug-likeness (QED) is 0.672. The number of esters is 1. The zero-order valence-corrected chi connectivity index (χ0v) is 16.6. The highest BCUT2D eigenvalue weighted by atomic mass is 19.1. The largest absolute Gasteiger partial charge is 0.469 e. The lowest BCUT2D eigenvalue weighted by atomic mass is 9.79. The summed E-state index contributed by atoms with van der Waals surface area (Å²) in [5.74, 6) is -0.838. The van der Waals surface area contributed by atoms with Crippen molar-refractivity contribution in [1.29, 1.82) is 0 Å². The first-order valence-corrected chi connectivity index (χ1v) is 9.73. The second-order valence-corrected chi connectivity index (χ2v) is 7.52. The van der Waals surface area contributed by atoms with Gasteiger partial charge in [-0.05, 0) is 37.1 Å². The van der Waals surface area contributed by atoms with Gasteiger partial charge >= 0.3 is 5.97 Å². The molecule has 0 aliphatic heterocycles. The van der Waals surface area contributed by atoms with E-state index in [0.717, 1.165) is 31.2 Å². The third-order valence-corrected chi connectivity index (χ3v) is 5.59. The lowest BCUT2D eigenvalue weighted by Crippen LogP contribution is -2.44.